The Hall–Kier alpha value is -2.40. The van der Waals surface area contributed by atoms with Crippen LogP contribution in [0.4, 0.5) is 0 Å². The van der Waals surface area contributed by atoms with E-state index in [0.29, 0.717) is 38.8 Å². The molecular weight excluding hydrogens is 348 g/mol. The van der Waals surface area contributed by atoms with Gasteiger partial charge in [-0.1, -0.05) is 25.0 Å². The number of rotatable bonds is 12. The molecule has 7 heteroatoms. The molecule has 1 aromatic rings. The van der Waals surface area contributed by atoms with Crippen LogP contribution in [0.2, 0.25) is 0 Å². The Morgan fingerprint density at radius 2 is 1.35 bits per heavy atom. The van der Waals surface area contributed by atoms with E-state index in [-0.39, 0.29) is 10.5 Å². The van der Waals surface area contributed by atoms with Crippen molar-refractivity contribution < 1.29 is 8.42 Å². The molecule has 0 aliphatic carbocycles. The van der Waals surface area contributed by atoms with Crippen molar-refractivity contribution in [3.05, 3.63) is 29.8 Å². The number of hydrogen-bond donors (Lipinski definition) is 0. The lowest BCUT2D eigenvalue weighted by molar-refractivity contribution is 0.387. The van der Waals surface area contributed by atoms with Crippen molar-refractivity contribution >= 4 is 10.0 Å². The smallest absolute Gasteiger partial charge is 0.207 e. The van der Waals surface area contributed by atoms with Crippen LogP contribution in [0.3, 0.4) is 0 Å². The molecule has 26 heavy (non-hydrogen) atoms. The van der Waals surface area contributed by atoms with Crippen LogP contribution in [0.15, 0.2) is 29.2 Å². The molecule has 0 aliphatic rings. The summed E-state index contributed by atoms with van der Waals surface area (Å²) in [6, 6.07) is 12.4. The molecule has 0 fully saturated rings. The van der Waals surface area contributed by atoms with Crippen LogP contribution in [-0.2, 0) is 10.0 Å². The first-order valence-electron chi connectivity index (χ1n) is 8.81. The molecule has 0 saturated carbocycles. The maximum absolute atomic E-state index is 13.0. The minimum Gasteiger partial charge on any atom is -0.207 e. The van der Waals surface area contributed by atoms with Gasteiger partial charge in [0.15, 0.2) is 0 Å². The molecule has 1 aromatic carbocycles. The summed E-state index contributed by atoms with van der Waals surface area (Å²) in [7, 11) is -3.75. The fraction of sp³-hybridized carbons (Fsp3) is 0.526. The zero-order chi connectivity index (χ0) is 19.3. The van der Waals surface area contributed by atoms with Crippen molar-refractivity contribution in [1.29, 1.82) is 15.8 Å². The van der Waals surface area contributed by atoms with Gasteiger partial charge < -0.3 is 0 Å². The first kappa shape index (κ1) is 21.6. The summed E-state index contributed by atoms with van der Waals surface area (Å²) in [6.07, 6.45) is 5.36. The van der Waals surface area contributed by atoms with Crippen molar-refractivity contribution in [3.8, 4) is 18.2 Å². The van der Waals surface area contributed by atoms with E-state index in [9.17, 15) is 13.7 Å². The van der Waals surface area contributed by atoms with Gasteiger partial charge in [-0.25, -0.2) is 8.42 Å². The predicted molar refractivity (Wildman–Crippen MR) is 98.1 cm³/mol. The number of benzene rings is 1. The van der Waals surface area contributed by atoms with E-state index >= 15 is 0 Å². The third-order valence-electron chi connectivity index (χ3n) is 4.02. The van der Waals surface area contributed by atoms with Gasteiger partial charge in [0, 0.05) is 25.9 Å². The highest BCUT2D eigenvalue weighted by atomic mass is 32.2. The highest BCUT2D eigenvalue weighted by molar-refractivity contribution is 7.89. The molecule has 1 rings (SSSR count). The van der Waals surface area contributed by atoms with Crippen LogP contribution in [0.5, 0.6) is 0 Å². The minimum atomic E-state index is -3.75. The lowest BCUT2D eigenvalue weighted by Gasteiger charge is -2.22. The lowest BCUT2D eigenvalue weighted by atomic mass is 10.2. The van der Waals surface area contributed by atoms with Gasteiger partial charge in [0.05, 0.1) is 22.6 Å². The summed E-state index contributed by atoms with van der Waals surface area (Å²) in [6.45, 7) is 0.734. The molecule has 0 aromatic heterocycles. The van der Waals surface area contributed by atoms with Gasteiger partial charge >= 0.3 is 0 Å². The molecule has 0 aliphatic heterocycles. The van der Waals surface area contributed by atoms with E-state index in [4.69, 9.17) is 10.5 Å². The Morgan fingerprint density at radius 3 is 1.85 bits per heavy atom. The Labute approximate surface area is 156 Å². The first-order chi connectivity index (χ1) is 12.6. The monoisotopic (exact) mass is 372 g/mol. The molecular formula is C19H24N4O2S. The summed E-state index contributed by atoms with van der Waals surface area (Å²) < 4.78 is 27.5. The van der Waals surface area contributed by atoms with E-state index in [1.807, 2.05) is 6.07 Å². The topological polar surface area (TPSA) is 109 Å². The summed E-state index contributed by atoms with van der Waals surface area (Å²) in [5, 5.41) is 26.4. The Balaban J connectivity index is 2.85. The van der Waals surface area contributed by atoms with Gasteiger partial charge in [-0.05, 0) is 37.8 Å². The molecule has 0 radical (unpaired) electrons. The number of nitriles is 3. The highest BCUT2D eigenvalue weighted by Gasteiger charge is 2.26. The number of hydrogen-bond acceptors (Lipinski definition) is 5. The Kier molecular flexibility index (Phi) is 10.0. The predicted octanol–water partition coefficient (Wildman–Crippen LogP) is 3.72. The Bertz CT molecular complexity index is 761. The summed E-state index contributed by atoms with van der Waals surface area (Å²) in [5.74, 6) is 0. The van der Waals surface area contributed by atoms with Crippen LogP contribution in [0.1, 0.15) is 56.9 Å². The van der Waals surface area contributed by atoms with E-state index < -0.39 is 10.0 Å². The van der Waals surface area contributed by atoms with Crippen molar-refractivity contribution in [2.24, 2.45) is 0 Å². The largest absolute Gasteiger partial charge is 0.244 e. The van der Waals surface area contributed by atoms with E-state index in [1.54, 1.807) is 12.1 Å². The molecule has 138 valence electrons. The van der Waals surface area contributed by atoms with Crippen LogP contribution in [0, 0.1) is 34.0 Å². The molecule has 0 atom stereocenters. The summed E-state index contributed by atoms with van der Waals surface area (Å²) in [5.41, 5.74) is 0.145. The standard InChI is InChI=1S/C19H24N4O2S/c20-13-7-1-3-9-15-23(16-10-4-2-8-14-21)26(24,25)19-12-6-5-11-18(19)17-22/h5-6,11-12H,1-4,7-10,15-16H2. The second-order valence-corrected chi connectivity index (χ2v) is 7.86. The molecule has 0 spiro atoms. The summed E-state index contributed by atoms with van der Waals surface area (Å²) >= 11 is 0. The fourth-order valence-electron chi connectivity index (χ4n) is 2.61. The second kappa shape index (κ2) is 12.0. The van der Waals surface area contributed by atoms with Crippen LogP contribution in [-0.4, -0.2) is 25.8 Å². The maximum Gasteiger partial charge on any atom is 0.244 e. The quantitative estimate of drug-likeness (QED) is 0.519. The van der Waals surface area contributed by atoms with Gasteiger partial charge in [-0.15, -0.1) is 0 Å². The van der Waals surface area contributed by atoms with Crippen molar-refractivity contribution in [3.63, 3.8) is 0 Å². The molecule has 0 N–H and O–H groups in total. The third kappa shape index (κ3) is 6.84. The maximum atomic E-state index is 13.0. The first-order valence-corrected chi connectivity index (χ1v) is 10.2. The average Bonchev–Trinajstić information content (AvgIpc) is 2.65. The second-order valence-electron chi connectivity index (χ2n) is 5.95. The molecule has 0 saturated heterocycles. The van der Waals surface area contributed by atoms with Crippen LogP contribution in [0.25, 0.3) is 0 Å². The van der Waals surface area contributed by atoms with Gasteiger partial charge in [0.2, 0.25) is 10.0 Å². The normalized spacial score (nSPS) is 10.8. The number of sulfonamides is 1. The van der Waals surface area contributed by atoms with Gasteiger partial charge in [-0.2, -0.15) is 20.1 Å². The summed E-state index contributed by atoms with van der Waals surface area (Å²) in [4.78, 5) is 0.0385. The van der Waals surface area contributed by atoms with Crippen molar-refractivity contribution in [1.82, 2.24) is 4.31 Å². The zero-order valence-electron chi connectivity index (χ0n) is 14.9. The van der Waals surface area contributed by atoms with E-state index in [1.165, 1.54) is 16.4 Å². The lowest BCUT2D eigenvalue weighted by Crippen LogP contribution is -2.33. The SMILES string of the molecule is N#CCCCCCN(CCCCCC#N)S(=O)(=O)c1ccccc1C#N. The molecule has 6 nitrogen and oxygen atoms in total. The third-order valence-corrected chi connectivity index (χ3v) is 5.97. The average molecular weight is 372 g/mol. The van der Waals surface area contributed by atoms with Gasteiger partial charge in [-0.3, -0.25) is 0 Å². The number of unbranched alkanes of at least 4 members (excludes halogenated alkanes) is 6. The molecule has 0 bridgehead atoms. The molecule has 0 unspecified atom stereocenters. The van der Waals surface area contributed by atoms with Crippen molar-refractivity contribution in [2.45, 2.75) is 56.3 Å². The molecule has 0 amide bonds. The fourth-order valence-corrected chi connectivity index (χ4v) is 4.27. The van der Waals surface area contributed by atoms with Crippen molar-refractivity contribution in [2.75, 3.05) is 13.1 Å². The van der Waals surface area contributed by atoms with Crippen LogP contribution < -0.4 is 0 Å². The minimum absolute atomic E-state index is 0.0385. The van der Waals surface area contributed by atoms with Crippen LogP contribution >= 0.6 is 0 Å². The number of nitrogens with zero attached hydrogens (tertiary/aromatic N) is 4. The van der Waals surface area contributed by atoms with E-state index in [0.717, 1.165) is 25.7 Å². The molecule has 0 heterocycles. The Morgan fingerprint density at radius 1 is 0.808 bits per heavy atom. The highest BCUT2D eigenvalue weighted by Crippen LogP contribution is 2.21. The van der Waals surface area contributed by atoms with Gasteiger partial charge in [0.25, 0.3) is 0 Å². The van der Waals surface area contributed by atoms with E-state index in [2.05, 4.69) is 12.1 Å². The van der Waals surface area contributed by atoms with Gasteiger partial charge in [0.1, 0.15) is 6.07 Å². The zero-order valence-corrected chi connectivity index (χ0v) is 15.7.